The zero-order valence-electron chi connectivity index (χ0n) is 17.2. The summed E-state index contributed by atoms with van der Waals surface area (Å²) in [7, 11) is 0. The maximum Gasteiger partial charge on any atom is 0.390 e. The fourth-order valence-corrected chi connectivity index (χ4v) is 3.47. The molecule has 1 fully saturated rings. The second-order valence-electron chi connectivity index (χ2n) is 7.74. The number of rotatable bonds is 7. The number of halogens is 4. The number of carbonyl (C=O) groups is 1. The molecule has 170 valence electrons. The number of fused-ring (bicyclic) bond motifs is 1. The average Bonchev–Trinajstić information content (AvgIpc) is 3.06. The number of anilines is 2. The van der Waals surface area contributed by atoms with E-state index in [0.29, 0.717) is 31.1 Å². The molecule has 0 unspecified atom stereocenters. The number of alkyl halides is 3. The molecule has 2 N–H and O–H groups in total. The van der Waals surface area contributed by atoms with Crippen LogP contribution in [0.25, 0.3) is 5.65 Å². The molecule has 0 atom stereocenters. The van der Waals surface area contributed by atoms with Crippen LogP contribution in [-0.4, -0.2) is 57.6 Å². The second-order valence-corrected chi connectivity index (χ2v) is 7.74. The van der Waals surface area contributed by atoms with Crippen LogP contribution >= 0.6 is 0 Å². The van der Waals surface area contributed by atoms with Gasteiger partial charge in [-0.3, -0.25) is 4.79 Å². The van der Waals surface area contributed by atoms with Crippen LogP contribution in [0.3, 0.4) is 0 Å². The van der Waals surface area contributed by atoms with Crippen molar-refractivity contribution in [3.8, 4) is 0 Å². The van der Waals surface area contributed by atoms with Gasteiger partial charge in [-0.2, -0.15) is 13.2 Å². The van der Waals surface area contributed by atoms with Crippen LogP contribution in [-0.2, 0) is 0 Å². The van der Waals surface area contributed by atoms with Crippen LogP contribution in [0.5, 0.6) is 0 Å². The monoisotopic (exact) mass is 451 g/mol. The summed E-state index contributed by atoms with van der Waals surface area (Å²) in [6.07, 6.45) is 1.000. The van der Waals surface area contributed by atoms with E-state index >= 15 is 0 Å². The van der Waals surface area contributed by atoms with Crippen molar-refractivity contribution in [2.45, 2.75) is 19.5 Å². The van der Waals surface area contributed by atoms with Crippen molar-refractivity contribution in [2.24, 2.45) is 5.92 Å². The number of aromatic nitrogens is 4. The zero-order chi connectivity index (χ0) is 22.9. The van der Waals surface area contributed by atoms with Gasteiger partial charge in [-0.1, -0.05) is 0 Å². The number of nitrogens with one attached hydrogen (secondary N) is 2. The first kappa shape index (κ1) is 21.9. The van der Waals surface area contributed by atoms with Crippen molar-refractivity contribution in [3.63, 3.8) is 0 Å². The van der Waals surface area contributed by atoms with E-state index in [1.165, 1.54) is 22.9 Å². The Kier molecular flexibility index (Phi) is 5.96. The standard InChI is InChI=1S/C20H21F4N7O/c1-12-8-31-11-14(4-15(21)18(31)28-12)29-19(32)16-6-27-17(7-26-16)30-9-13(10-30)5-25-3-2-20(22,23)24/h4,6-8,11,13,25H,2-3,5,9-10H2,1H3,(H,29,32). The first-order valence-corrected chi connectivity index (χ1v) is 9.98. The fraction of sp³-hybridized carbons (Fsp3) is 0.400. The van der Waals surface area contributed by atoms with E-state index in [9.17, 15) is 22.4 Å². The SMILES string of the molecule is Cc1cn2cc(NC(=O)c3cnc(N4CC(CNCCC(F)(F)F)C4)cn3)cc(F)c2n1. The van der Waals surface area contributed by atoms with Gasteiger partial charge < -0.3 is 19.9 Å². The topological polar surface area (TPSA) is 87.5 Å². The molecule has 12 heteroatoms. The van der Waals surface area contributed by atoms with Gasteiger partial charge in [0.2, 0.25) is 0 Å². The highest BCUT2D eigenvalue weighted by Crippen LogP contribution is 2.22. The van der Waals surface area contributed by atoms with Crippen molar-refractivity contribution in [2.75, 3.05) is 36.4 Å². The van der Waals surface area contributed by atoms with E-state index in [-0.39, 0.29) is 29.5 Å². The molecule has 1 aliphatic heterocycles. The maximum atomic E-state index is 14.2. The minimum absolute atomic E-state index is 0.0713. The minimum atomic E-state index is -4.15. The molecule has 3 aromatic heterocycles. The lowest BCUT2D eigenvalue weighted by molar-refractivity contribution is -0.133. The van der Waals surface area contributed by atoms with Crippen molar-refractivity contribution in [3.05, 3.63) is 48.1 Å². The first-order chi connectivity index (χ1) is 15.2. The van der Waals surface area contributed by atoms with E-state index in [0.717, 1.165) is 0 Å². The van der Waals surface area contributed by atoms with E-state index in [1.54, 1.807) is 19.3 Å². The molecule has 1 aliphatic rings. The lowest BCUT2D eigenvalue weighted by Gasteiger charge is -2.40. The summed E-state index contributed by atoms with van der Waals surface area (Å²) in [5.74, 6) is -0.286. The molecule has 0 aliphatic carbocycles. The third-order valence-corrected chi connectivity index (χ3v) is 5.05. The summed E-state index contributed by atoms with van der Waals surface area (Å²) in [5.41, 5.74) is 1.15. The third kappa shape index (κ3) is 5.13. The molecule has 4 heterocycles. The molecule has 4 rings (SSSR count). The van der Waals surface area contributed by atoms with Crippen molar-refractivity contribution in [1.29, 1.82) is 0 Å². The molecule has 0 bridgehead atoms. The molecule has 0 saturated carbocycles. The maximum absolute atomic E-state index is 14.2. The quantitative estimate of drug-likeness (QED) is 0.424. The number of carbonyl (C=O) groups excluding carboxylic acids is 1. The smallest absolute Gasteiger partial charge is 0.355 e. The van der Waals surface area contributed by atoms with E-state index < -0.39 is 24.3 Å². The predicted octanol–water partition coefficient (Wildman–Crippen LogP) is 2.80. The van der Waals surface area contributed by atoms with Gasteiger partial charge in [0.1, 0.15) is 11.5 Å². The lowest BCUT2D eigenvalue weighted by Crippen LogP contribution is -2.51. The second kappa shape index (κ2) is 8.69. The molecule has 0 aromatic carbocycles. The highest BCUT2D eigenvalue weighted by atomic mass is 19.4. The van der Waals surface area contributed by atoms with Gasteiger partial charge in [-0.15, -0.1) is 0 Å². The minimum Gasteiger partial charge on any atom is -0.355 e. The number of aryl methyl sites for hydroxylation is 1. The summed E-state index contributed by atoms with van der Waals surface area (Å²) in [5, 5.41) is 5.40. The third-order valence-electron chi connectivity index (χ3n) is 5.05. The molecular weight excluding hydrogens is 430 g/mol. The molecular formula is C20H21F4N7O. The molecule has 0 radical (unpaired) electrons. The van der Waals surface area contributed by atoms with Crippen molar-refractivity contribution < 1.29 is 22.4 Å². The first-order valence-electron chi connectivity index (χ1n) is 9.98. The Bertz CT molecular complexity index is 1110. The van der Waals surface area contributed by atoms with Crippen LogP contribution in [0.2, 0.25) is 0 Å². The molecule has 32 heavy (non-hydrogen) atoms. The van der Waals surface area contributed by atoms with Gasteiger partial charge in [0.25, 0.3) is 5.91 Å². The van der Waals surface area contributed by atoms with Gasteiger partial charge in [-0.05, 0) is 6.92 Å². The van der Waals surface area contributed by atoms with Gasteiger partial charge >= 0.3 is 6.18 Å². The van der Waals surface area contributed by atoms with E-state index in [4.69, 9.17) is 0 Å². The van der Waals surface area contributed by atoms with Gasteiger partial charge in [-0.25, -0.2) is 19.3 Å². The zero-order valence-corrected chi connectivity index (χ0v) is 17.2. The van der Waals surface area contributed by atoms with Crippen LogP contribution in [0.15, 0.2) is 30.9 Å². The fourth-order valence-electron chi connectivity index (χ4n) is 3.47. The molecule has 8 nitrogen and oxygen atoms in total. The summed E-state index contributed by atoms with van der Waals surface area (Å²) in [6, 6.07) is 1.18. The molecule has 3 aromatic rings. The van der Waals surface area contributed by atoms with Crippen LogP contribution in [0, 0.1) is 18.7 Å². The number of hydrogen-bond acceptors (Lipinski definition) is 6. The number of imidazole rings is 1. The highest BCUT2D eigenvalue weighted by molar-refractivity contribution is 6.02. The van der Waals surface area contributed by atoms with E-state index in [1.807, 2.05) is 4.90 Å². The normalized spacial score (nSPS) is 14.6. The predicted molar refractivity (Wildman–Crippen MR) is 109 cm³/mol. The van der Waals surface area contributed by atoms with Crippen LogP contribution in [0.4, 0.5) is 29.1 Å². The number of nitrogens with zero attached hydrogens (tertiary/aromatic N) is 5. The van der Waals surface area contributed by atoms with Crippen molar-refractivity contribution in [1.82, 2.24) is 24.7 Å². The lowest BCUT2D eigenvalue weighted by atomic mass is 10.0. The number of amides is 1. The average molecular weight is 451 g/mol. The van der Waals surface area contributed by atoms with Gasteiger partial charge in [0.15, 0.2) is 11.5 Å². The highest BCUT2D eigenvalue weighted by Gasteiger charge is 2.29. The van der Waals surface area contributed by atoms with Crippen molar-refractivity contribution >= 4 is 23.1 Å². The van der Waals surface area contributed by atoms with Gasteiger partial charge in [0.05, 0.1) is 30.2 Å². The van der Waals surface area contributed by atoms with Gasteiger partial charge in [0, 0.05) is 50.6 Å². The number of hydrogen-bond donors (Lipinski definition) is 2. The largest absolute Gasteiger partial charge is 0.390 e. The Balaban J connectivity index is 1.28. The Hall–Kier alpha value is -3.28. The Morgan fingerprint density at radius 1 is 1.22 bits per heavy atom. The molecule has 1 saturated heterocycles. The summed E-state index contributed by atoms with van der Waals surface area (Å²) < 4.78 is 52.1. The molecule has 1 amide bonds. The summed E-state index contributed by atoms with van der Waals surface area (Å²) >= 11 is 0. The van der Waals surface area contributed by atoms with Crippen LogP contribution in [0.1, 0.15) is 22.6 Å². The Morgan fingerprint density at radius 3 is 2.69 bits per heavy atom. The summed E-state index contributed by atoms with van der Waals surface area (Å²) in [6.45, 7) is 3.43. The molecule has 0 spiro atoms. The Labute approximate surface area is 180 Å². The summed E-state index contributed by atoms with van der Waals surface area (Å²) in [4.78, 5) is 26.8. The van der Waals surface area contributed by atoms with Crippen LogP contribution < -0.4 is 15.5 Å². The number of pyridine rings is 1. The van der Waals surface area contributed by atoms with E-state index in [2.05, 4.69) is 25.6 Å². The Morgan fingerprint density at radius 2 is 2.00 bits per heavy atom.